The quantitative estimate of drug-likeness (QED) is 0.926. The molecular formula is C17H21NO2. The Kier molecular flexibility index (Phi) is 3.88. The minimum Gasteiger partial charge on any atom is -0.474 e. The molecule has 1 heterocycles. The molecule has 2 aromatic rings. The number of rotatable bonds is 3. The highest BCUT2D eigenvalue weighted by atomic mass is 16.5. The van der Waals surface area contributed by atoms with Gasteiger partial charge >= 0.3 is 0 Å². The Morgan fingerprint density at radius 3 is 2.70 bits per heavy atom. The van der Waals surface area contributed by atoms with Crippen molar-refractivity contribution in [2.24, 2.45) is 5.92 Å². The SMILES string of the molecule is CC1CCC(Oc2cc(CO)c3ccccc3n2)CC1. The van der Waals surface area contributed by atoms with E-state index in [1.54, 1.807) is 0 Å². The number of pyridine rings is 1. The molecule has 0 bridgehead atoms. The lowest BCUT2D eigenvalue weighted by Gasteiger charge is -2.26. The molecule has 3 rings (SSSR count). The Hall–Kier alpha value is -1.61. The first kappa shape index (κ1) is 13.4. The van der Waals surface area contributed by atoms with Gasteiger partial charge in [-0.2, -0.15) is 0 Å². The molecule has 1 aromatic heterocycles. The Balaban J connectivity index is 1.84. The third-order valence-corrected chi connectivity index (χ3v) is 4.20. The first-order valence-electron chi connectivity index (χ1n) is 7.42. The smallest absolute Gasteiger partial charge is 0.214 e. The van der Waals surface area contributed by atoms with E-state index in [1.165, 1.54) is 12.8 Å². The number of fused-ring (bicyclic) bond motifs is 1. The van der Waals surface area contributed by atoms with E-state index in [-0.39, 0.29) is 12.7 Å². The van der Waals surface area contributed by atoms with Crippen molar-refractivity contribution in [3.05, 3.63) is 35.9 Å². The molecule has 0 unspecified atom stereocenters. The zero-order valence-electron chi connectivity index (χ0n) is 11.9. The average Bonchev–Trinajstić information content (AvgIpc) is 2.49. The van der Waals surface area contributed by atoms with E-state index in [2.05, 4.69) is 11.9 Å². The fourth-order valence-electron chi connectivity index (χ4n) is 2.93. The fourth-order valence-corrected chi connectivity index (χ4v) is 2.93. The van der Waals surface area contributed by atoms with Crippen LogP contribution >= 0.6 is 0 Å². The number of aromatic nitrogens is 1. The van der Waals surface area contributed by atoms with Gasteiger partial charge in [0.2, 0.25) is 5.88 Å². The van der Waals surface area contributed by atoms with Crippen LogP contribution in [0.1, 0.15) is 38.2 Å². The van der Waals surface area contributed by atoms with Crippen LogP contribution in [-0.4, -0.2) is 16.2 Å². The summed E-state index contributed by atoms with van der Waals surface area (Å²) in [7, 11) is 0. The second-order valence-electron chi connectivity index (χ2n) is 5.79. The molecule has 0 aliphatic heterocycles. The van der Waals surface area contributed by atoms with Gasteiger partial charge in [-0.1, -0.05) is 25.1 Å². The van der Waals surface area contributed by atoms with Crippen LogP contribution in [0, 0.1) is 5.92 Å². The van der Waals surface area contributed by atoms with E-state index in [4.69, 9.17) is 4.74 Å². The third-order valence-electron chi connectivity index (χ3n) is 4.20. The maximum atomic E-state index is 9.52. The van der Waals surface area contributed by atoms with E-state index in [9.17, 15) is 5.11 Å². The second kappa shape index (κ2) is 5.80. The maximum absolute atomic E-state index is 9.52. The molecule has 1 aliphatic rings. The van der Waals surface area contributed by atoms with Crippen molar-refractivity contribution in [2.45, 2.75) is 45.3 Å². The summed E-state index contributed by atoms with van der Waals surface area (Å²) in [5.74, 6) is 1.46. The van der Waals surface area contributed by atoms with Crippen molar-refractivity contribution in [3.8, 4) is 5.88 Å². The van der Waals surface area contributed by atoms with Gasteiger partial charge in [-0.25, -0.2) is 4.98 Å². The summed E-state index contributed by atoms with van der Waals surface area (Å²) in [6.07, 6.45) is 4.93. The van der Waals surface area contributed by atoms with E-state index in [0.717, 1.165) is 35.2 Å². The molecule has 20 heavy (non-hydrogen) atoms. The van der Waals surface area contributed by atoms with Gasteiger partial charge in [0, 0.05) is 11.5 Å². The summed E-state index contributed by atoms with van der Waals surface area (Å²) in [5.41, 5.74) is 1.77. The van der Waals surface area contributed by atoms with Gasteiger partial charge in [-0.3, -0.25) is 0 Å². The van der Waals surface area contributed by atoms with Crippen LogP contribution in [0.5, 0.6) is 5.88 Å². The Morgan fingerprint density at radius 1 is 1.20 bits per heavy atom. The lowest BCUT2D eigenvalue weighted by atomic mass is 9.89. The van der Waals surface area contributed by atoms with Crippen LogP contribution in [0.25, 0.3) is 10.9 Å². The van der Waals surface area contributed by atoms with Crippen molar-refractivity contribution in [1.29, 1.82) is 0 Å². The van der Waals surface area contributed by atoms with Crippen LogP contribution in [0.2, 0.25) is 0 Å². The largest absolute Gasteiger partial charge is 0.474 e. The molecule has 1 aliphatic carbocycles. The van der Waals surface area contributed by atoms with E-state index >= 15 is 0 Å². The number of aliphatic hydroxyl groups excluding tert-OH is 1. The Morgan fingerprint density at radius 2 is 1.95 bits per heavy atom. The molecule has 1 saturated carbocycles. The van der Waals surface area contributed by atoms with Crippen molar-refractivity contribution in [2.75, 3.05) is 0 Å². The number of hydrogen-bond donors (Lipinski definition) is 1. The highest BCUT2D eigenvalue weighted by Gasteiger charge is 2.20. The maximum Gasteiger partial charge on any atom is 0.214 e. The zero-order valence-corrected chi connectivity index (χ0v) is 11.9. The molecule has 3 nitrogen and oxygen atoms in total. The van der Waals surface area contributed by atoms with Gasteiger partial charge in [0.25, 0.3) is 0 Å². The zero-order chi connectivity index (χ0) is 13.9. The molecule has 106 valence electrons. The highest BCUT2D eigenvalue weighted by molar-refractivity contribution is 5.82. The van der Waals surface area contributed by atoms with E-state index < -0.39 is 0 Å². The number of benzene rings is 1. The van der Waals surface area contributed by atoms with Crippen molar-refractivity contribution < 1.29 is 9.84 Å². The highest BCUT2D eigenvalue weighted by Crippen LogP contribution is 2.28. The van der Waals surface area contributed by atoms with Gasteiger partial charge in [0.15, 0.2) is 0 Å². The number of ether oxygens (including phenoxy) is 1. The summed E-state index contributed by atoms with van der Waals surface area (Å²) in [6.45, 7) is 2.31. The Labute approximate surface area is 119 Å². The van der Waals surface area contributed by atoms with Gasteiger partial charge in [-0.05, 0) is 43.2 Å². The third kappa shape index (κ3) is 2.78. The molecule has 1 N–H and O–H groups in total. The molecule has 3 heteroatoms. The number of nitrogens with zero attached hydrogens (tertiary/aromatic N) is 1. The monoisotopic (exact) mass is 271 g/mol. The summed E-state index contributed by atoms with van der Waals surface area (Å²) < 4.78 is 6.03. The van der Waals surface area contributed by atoms with E-state index in [0.29, 0.717) is 5.88 Å². The van der Waals surface area contributed by atoms with E-state index in [1.807, 2.05) is 30.3 Å². The predicted molar refractivity (Wildman–Crippen MR) is 79.7 cm³/mol. The molecule has 0 radical (unpaired) electrons. The summed E-state index contributed by atoms with van der Waals surface area (Å²) in [6, 6.07) is 9.75. The Bertz CT molecular complexity index is 589. The van der Waals surface area contributed by atoms with Gasteiger partial charge < -0.3 is 9.84 Å². The van der Waals surface area contributed by atoms with Crippen molar-refractivity contribution >= 4 is 10.9 Å². The topological polar surface area (TPSA) is 42.4 Å². The fraction of sp³-hybridized carbons (Fsp3) is 0.471. The van der Waals surface area contributed by atoms with Crippen LogP contribution in [0.3, 0.4) is 0 Å². The summed E-state index contributed by atoms with van der Waals surface area (Å²) >= 11 is 0. The predicted octanol–water partition coefficient (Wildman–Crippen LogP) is 3.68. The molecule has 0 amide bonds. The molecule has 0 saturated heterocycles. The minimum absolute atomic E-state index is 0.0150. The van der Waals surface area contributed by atoms with Gasteiger partial charge in [-0.15, -0.1) is 0 Å². The van der Waals surface area contributed by atoms with Crippen LogP contribution in [0.15, 0.2) is 30.3 Å². The molecular weight excluding hydrogens is 250 g/mol. The normalized spacial score (nSPS) is 22.9. The average molecular weight is 271 g/mol. The lowest BCUT2D eigenvalue weighted by molar-refractivity contribution is 0.130. The van der Waals surface area contributed by atoms with Crippen LogP contribution in [-0.2, 0) is 6.61 Å². The van der Waals surface area contributed by atoms with Crippen molar-refractivity contribution in [3.63, 3.8) is 0 Å². The van der Waals surface area contributed by atoms with Gasteiger partial charge in [0.05, 0.1) is 12.1 Å². The molecule has 1 fully saturated rings. The standard InChI is InChI=1S/C17H21NO2/c1-12-6-8-14(9-7-12)20-17-10-13(11-19)15-4-2-3-5-16(15)18-17/h2-5,10,12,14,19H,6-9,11H2,1H3. The van der Waals surface area contributed by atoms with Gasteiger partial charge in [0.1, 0.15) is 6.10 Å². The van der Waals surface area contributed by atoms with Crippen molar-refractivity contribution in [1.82, 2.24) is 4.98 Å². The minimum atomic E-state index is 0.0150. The first-order valence-corrected chi connectivity index (χ1v) is 7.42. The summed E-state index contributed by atoms with van der Waals surface area (Å²) in [5, 5.41) is 10.5. The molecule has 0 spiro atoms. The number of para-hydroxylation sites is 1. The lowest BCUT2D eigenvalue weighted by Crippen LogP contribution is -2.23. The molecule has 1 aromatic carbocycles. The second-order valence-corrected chi connectivity index (χ2v) is 5.79. The summed E-state index contributed by atoms with van der Waals surface area (Å²) in [4.78, 5) is 4.56. The van der Waals surface area contributed by atoms with Crippen LogP contribution < -0.4 is 4.74 Å². The first-order chi connectivity index (χ1) is 9.76. The van der Waals surface area contributed by atoms with Crippen LogP contribution in [0.4, 0.5) is 0 Å². The number of aliphatic hydroxyl groups is 1. The number of hydrogen-bond acceptors (Lipinski definition) is 3. The molecule has 0 atom stereocenters.